The van der Waals surface area contributed by atoms with Crippen molar-refractivity contribution in [2.45, 2.75) is 57.7 Å². The normalized spacial score (nSPS) is 31.6. The molecule has 2 saturated carbocycles. The van der Waals surface area contributed by atoms with Crippen molar-refractivity contribution in [1.82, 2.24) is 10.3 Å². The summed E-state index contributed by atoms with van der Waals surface area (Å²) in [5.74, 6) is 1.36. The van der Waals surface area contributed by atoms with Crippen molar-refractivity contribution < 1.29 is 9.53 Å². The number of fused-ring (bicyclic) bond motifs is 2. The number of aromatic nitrogens is 1. The maximum atomic E-state index is 12.5. The number of nitrogens with two attached hydrogens (primary N) is 1. The smallest absolute Gasteiger partial charge is 0.223 e. The molecule has 1 aromatic rings. The number of rotatable bonds is 5. The molecule has 5 nitrogen and oxygen atoms in total. The van der Waals surface area contributed by atoms with Crippen molar-refractivity contribution in [2.24, 2.45) is 23.5 Å². The van der Waals surface area contributed by atoms with E-state index < -0.39 is 0 Å². The molecule has 1 heterocycles. The standard InChI is InChI=1S/C17H27N3O2S/c1-10(22-2)17-20-14(9-23-17)8-19-16(21)13-6-11-4-3-5-12(7-13)15(11)18/h9-13,15H,3-8,18H2,1-2H3,(H,19,21). The third-order valence-electron chi connectivity index (χ3n) is 5.50. The van der Waals surface area contributed by atoms with Crippen molar-refractivity contribution in [2.75, 3.05) is 7.11 Å². The topological polar surface area (TPSA) is 77.2 Å². The molecule has 3 unspecified atom stereocenters. The van der Waals surface area contributed by atoms with E-state index in [0.29, 0.717) is 24.4 Å². The van der Waals surface area contributed by atoms with Crippen LogP contribution in [0.25, 0.3) is 0 Å². The minimum Gasteiger partial charge on any atom is -0.375 e. The largest absolute Gasteiger partial charge is 0.375 e. The Bertz CT molecular complexity index is 534. The first-order valence-corrected chi connectivity index (χ1v) is 9.46. The van der Waals surface area contributed by atoms with Gasteiger partial charge in [-0.15, -0.1) is 11.3 Å². The Kier molecular flexibility index (Phi) is 5.34. The Labute approximate surface area is 142 Å². The number of hydrogen-bond donors (Lipinski definition) is 2. The highest BCUT2D eigenvalue weighted by molar-refractivity contribution is 7.09. The maximum absolute atomic E-state index is 12.5. The van der Waals surface area contributed by atoms with Crippen LogP contribution in [0.15, 0.2) is 5.38 Å². The Balaban J connectivity index is 1.52. The van der Waals surface area contributed by atoms with E-state index in [1.807, 2.05) is 12.3 Å². The summed E-state index contributed by atoms with van der Waals surface area (Å²) in [4.78, 5) is 17.0. The highest BCUT2D eigenvalue weighted by Crippen LogP contribution is 2.41. The average Bonchev–Trinajstić information content (AvgIpc) is 3.00. The lowest BCUT2D eigenvalue weighted by Crippen LogP contribution is -2.49. The fourth-order valence-corrected chi connectivity index (χ4v) is 4.87. The van der Waals surface area contributed by atoms with Crippen LogP contribution in [0.5, 0.6) is 0 Å². The van der Waals surface area contributed by atoms with Crippen LogP contribution in [0.3, 0.4) is 0 Å². The zero-order valence-electron chi connectivity index (χ0n) is 14.0. The highest BCUT2D eigenvalue weighted by atomic mass is 32.1. The number of methoxy groups -OCH3 is 1. The molecule has 128 valence electrons. The monoisotopic (exact) mass is 337 g/mol. The van der Waals surface area contributed by atoms with Gasteiger partial charge in [0.15, 0.2) is 0 Å². The quantitative estimate of drug-likeness (QED) is 0.866. The lowest BCUT2D eigenvalue weighted by molar-refractivity contribution is -0.128. The zero-order valence-corrected chi connectivity index (χ0v) is 14.8. The predicted molar refractivity (Wildman–Crippen MR) is 90.9 cm³/mol. The molecule has 3 N–H and O–H groups in total. The first-order chi connectivity index (χ1) is 11.1. The Hall–Kier alpha value is -0.980. The van der Waals surface area contributed by atoms with E-state index in [-0.39, 0.29) is 17.9 Å². The number of amides is 1. The molecule has 2 aliphatic rings. The molecule has 0 spiro atoms. The van der Waals surface area contributed by atoms with Crippen LogP contribution in [0.1, 0.15) is 55.8 Å². The lowest BCUT2D eigenvalue weighted by Gasteiger charge is -2.43. The first kappa shape index (κ1) is 16.9. The molecule has 23 heavy (non-hydrogen) atoms. The molecule has 2 bridgehead atoms. The van der Waals surface area contributed by atoms with Gasteiger partial charge in [-0.05, 0) is 44.4 Å². The van der Waals surface area contributed by atoms with Crippen LogP contribution in [-0.2, 0) is 16.1 Å². The number of ether oxygens (including phenoxy) is 1. The number of carbonyl (C=O) groups excluding carboxylic acids is 1. The fourth-order valence-electron chi connectivity index (χ4n) is 4.02. The van der Waals surface area contributed by atoms with Crippen molar-refractivity contribution in [3.05, 3.63) is 16.1 Å². The van der Waals surface area contributed by atoms with E-state index >= 15 is 0 Å². The summed E-state index contributed by atoms with van der Waals surface area (Å²) in [5.41, 5.74) is 7.22. The van der Waals surface area contributed by atoms with Crippen molar-refractivity contribution >= 4 is 17.2 Å². The minimum absolute atomic E-state index is 0.00339. The van der Waals surface area contributed by atoms with Crippen LogP contribution in [0.2, 0.25) is 0 Å². The van der Waals surface area contributed by atoms with Crippen LogP contribution >= 0.6 is 11.3 Å². The first-order valence-electron chi connectivity index (χ1n) is 8.59. The second kappa shape index (κ2) is 7.28. The number of nitrogens with one attached hydrogen (secondary N) is 1. The van der Waals surface area contributed by atoms with E-state index in [0.717, 1.165) is 23.5 Å². The molecule has 2 aliphatic carbocycles. The van der Waals surface area contributed by atoms with Gasteiger partial charge in [0, 0.05) is 24.4 Å². The molecular formula is C17H27N3O2S. The second-order valence-electron chi connectivity index (χ2n) is 6.97. The number of thiazole rings is 1. The summed E-state index contributed by atoms with van der Waals surface area (Å²) in [6, 6.07) is 0.310. The minimum atomic E-state index is 0.00339. The van der Waals surface area contributed by atoms with Crippen molar-refractivity contribution in [3.8, 4) is 0 Å². The van der Waals surface area contributed by atoms with E-state index in [2.05, 4.69) is 10.3 Å². The van der Waals surface area contributed by atoms with Gasteiger partial charge in [-0.2, -0.15) is 0 Å². The van der Waals surface area contributed by atoms with Gasteiger partial charge < -0.3 is 15.8 Å². The SMILES string of the molecule is COC(C)c1nc(CNC(=O)C2CC3CCCC(C2)C3N)cs1. The molecule has 0 radical (unpaired) electrons. The van der Waals surface area contributed by atoms with E-state index in [1.165, 1.54) is 19.3 Å². The maximum Gasteiger partial charge on any atom is 0.223 e. The van der Waals surface area contributed by atoms with Crippen LogP contribution < -0.4 is 11.1 Å². The molecule has 1 aromatic heterocycles. The van der Waals surface area contributed by atoms with Gasteiger partial charge in [0.05, 0.1) is 12.2 Å². The highest BCUT2D eigenvalue weighted by Gasteiger charge is 2.40. The van der Waals surface area contributed by atoms with E-state index in [9.17, 15) is 4.79 Å². The summed E-state index contributed by atoms with van der Waals surface area (Å²) >= 11 is 1.58. The molecule has 0 saturated heterocycles. The number of nitrogens with zero attached hydrogens (tertiary/aromatic N) is 1. The van der Waals surface area contributed by atoms with Gasteiger partial charge >= 0.3 is 0 Å². The predicted octanol–water partition coefficient (Wildman–Crippen LogP) is 2.62. The number of carbonyl (C=O) groups is 1. The molecule has 3 rings (SSSR count). The number of hydrogen-bond acceptors (Lipinski definition) is 5. The molecule has 0 aromatic carbocycles. The molecule has 6 heteroatoms. The van der Waals surface area contributed by atoms with Gasteiger partial charge in [0.2, 0.25) is 5.91 Å². The lowest BCUT2D eigenvalue weighted by atomic mass is 9.65. The summed E-state index contributed by atoms with van der Waals surface area (Å²) in [6.45, 7) is 2.48. The van der Waals surface area contributed by atoms with E-state index in [1.54, 1.807) is 18.4 Å². The van der Waals surface area contributed by atoms with Crippen LogP contribution in [0.4, 0.5) is 0 Å². The van der Waals surface area contributed by atoms with Crippen molar-refractivity contribution in [1.29, 1.82) is 0 Å². The molecule has 2 fully saturated rings. The Morgan fingerprint density at radius 2 is 2.17 bits per heavy atom. The second-order valence-corrected chi connectivity index (χ2v) is 7.86. The van der Waals surface area contributed by atoms with Gasteiger partial charge in [-0.3, -0.25) is 4.79 Å². The third-order valence-corrected chi connectivity index (χ3v) is 6.55. The average molecular weight is 337 g/mol. The van der Waals surface area contributed by atoms with Crippen LogP contribution in [-0.4, -0.2) is 24.0 Å². The van der Waals surface area contributed by atoms with Gasteiger partial charge in [-0.25, -0.2) is 4.98 Å². The zero-order chi connectivity index (χ0) is 16.4. The Morgan fingerprint density at radius 1 is 1.48 bits per heavy atom. The molecule has 3 atom stereocenters. The molecule has 1 amide bonds. The molecular weight excluding hydrogens is 310 g/mol. The summed E-state index contributed by atoms with van der Waals surface area (Å²) in [7, 11) is 1.68. The van der Waals surface area contributed by atoms with E-state index in [4.69, 9.17) is 10.5 Å². The van der Waals surface area contributed by atoms with Crippen molar-refractivity contribution in [3.63, 3.8) is 0 Å². The van der Waals surface area contributed by atoms with Crippen LogP contribution in [0, 0.1) is 17.8 Å². The summed E-state index contributed by atoms with van der Waals surface area (Å²) in [6.07, 6.45) is 5.55. The molecule has 0 aliphatic heterocycles. The fraction of sp³-hybridized carbons (Fsp3) is 0.765. The summed E-state index contributed by atoms with van der Waals surface area (Å²) in [5, 5.41) is 6.02. The Morgan fingerprint density at radius 3 is 2.83 bits per heavy atom. The van der Waals surface area contributed by atoms with Gasteiger partial charge in [0.1, 0.15) is 11.1 Å². The van der Waals surface area contributed by atoms with Gasteiger partial charge in [-0.1, -0.05) is 6.42 Å². The third kappa shape index (κ3) is 3.75. The summed E-state index contributed by atoms with van der Waals surface area (Å²) < 4.78 is 5.27. The van der Waals surface area contributed by atoms with Gasteiger partial charge in [0.25, 0.3) is 0 Å².